The van der Waals surface area contributed by atoms with Crippen LogP contribution in [-0.2, 0) is 4.79 Å². The standard InChI is InChI=1S/C9H19N3O2/c1-3-4-5-7(2)11-6-8(13)12-9(10)14/h7,11H,3-6H2,1-2H3,(H3,10,12,13,14). The van der Waals surface area contributed by atoms with Crippen LogP contribution in [0.25, 0.3) is 0 Å². The molecular weight excluding hydrogens is 182 g/mol. The van der Waals surface area contributed by atoms with Crippen LogP contribution in [0.15, 0.2) is 0 Å². The number of unbranched alkanes of at least 4 members (excludes halogenated alkanes) is 1. The number of carbonyl (C=O) groups is 2. The summed E-state index contributed by atoms with van der Waals surface area (Å²) >= 11 is 0. The third-order valence-corrected chi connectivity index (χ3v) is 1.86. The van der Waals surface area contributed by atoms with Crippen molar-refractivity contribution >= 4 is 11.9 Å². The predicted octanol–water partition coefficient (Wildman–Crippen LogP) is 0.350. The van der Waals surface area contributed by atoms with Gasteiger partial charge in [-0.3, -0.25) is 10.1 Å². The second kappa shape index (κ2) is 7.32. The Morgan fingerprint density at radius 1 is 1.43 bits per heavy atom. The van der Waals surface area contributed by atoms with Crippen molar-refractivity contribution in [3.8, 4) is 0 Å². The van der Waals surface area contributed by atoms with Crippen molar-refractivity contribution in [1.82, 2.24) is 10.6 Å². The van der Waals surface area contributed by atoms with Crippen LogP contribution in [0.4, 0.5) is 4.79 Å². The molecule has 0 rings (SSSR count). The van der Waals surface area contributed by atoms with Gasteiger partial charge in [0, 0.05) is 6.04 Å². The van der Waals surface area contributed by atoms with E-state index in [9.17, 15) is 9.59 Å². The molecule has 1 unspecified atom stereocenters. The summed E-state index contributed by atoms with van der Waals surface area (Å²) < 4.78 is 0. The van der Waals surface area contributed by atoms with E-state index in [1.54, 1.807) is 0 Å². The summed E-state index contributed by atoms with van der Waals surface area (Å²) in [4.78, 5) is 21.2. The lowest BCUT2D eigenvalue weighted by atomic mass is 10.1. The summed E-state index contributed by atoms with van der Waals surface area (Å²) in [6, 6.07) is -0.522. The first-order chi connectivity index (χ1) is 6.56. The summed E-state index contributed by atoms with van der Waals surface area (Å²) in [6.07, 6.45) is 3.30. The highest BCUT2D eigenvalue weighted by atomic mass is 16.2. The van der Waals surface area contributed by atoms with Crippen LogP contribution in [0, 0.1) is 0 Å². The fourth-order valence-electron chi connectivity index (χ4n) is 1.06. The second-order valence-corrected chi connectivity index (χ2v) is 3.34. The molecule has 0 saturated heterocycles. The van der Waals surface area contributed by atoms with Crippen molar-refractivity contribution in [2.45, 2.75) is 39.2 Å². The molecule has 0 aromatic heterocycles. The van der Waals surface area contributed by atoms with Crippen LogP contribution >= 0.6 is 0 Å². The number of urea groups is 1. The van der Waals surface area contributed by atoms with Crippen molar-refractivity contribution in [2.75, 3.05) is 6.54 Å². The summed E-state index contributed by atoms with van der Waals surface area (Å²) in [6.45, 7) is 4.26. The predicted molar refractivity (Wildman–Crippen MR) is 54.7 cm³/mol. The van der Waals surface area contributed by atoms with Gasteiger partial charge in [0.05, 0.1) is 6.54 Å². The Bertz CT molecular complexity index is 194. The van der Waals surface area contributed by atoms with E-state index >= 15 is 0 Å². The fraction of sp³-hybridized carbons (Fsp3) is 0.778. The highest BCUT2D eigenvalue weighted by Gasteiger charge is 2.06. The van der Waals surface area contributed by atoms with Crippen molar-refractivity contribution < 1.29 is 9.59 Å². The minimum Gasteiger partial charge on any atom is -0.351 e. The molecule has 14 heavy (non-hydrogen) atoms. The average molecular weight is 201 g/mol. The summed E-state index contributed by atoms with van der Waals surface area (Å²) in [5, 5.41) is 4.99. The van der Waals surface area contributed by atoms with Gasteiger partial charge in [-0.25, -0.2) is 4.79 Å². The second-order valence-electron chi connectivity index (χ2n) is 3.34. The highest BCUT2D eigenvalue weighted by molar-refractivity contribution is 5.94. The van der Waals surface area contributed by atoms with E-state index in [0.717, 1.165) is 19.3 Å². The Labute approximate surface area is 84.4 Å². The molecule has 0 aliphatic carbocycles. The number of hydrogen-bond donors (Lipinski definition) is 3. The molecule has 5 nitrogen and oxygen atoms in total. The normalized spacial score (nSPS) is 12.1. The van der Waals surface area contributed by atoms with Gasteiger partial charge >= 0.3 is 6.03 Å². The number of nitrogens with two attached hydrogens (primary N) is 1. The Morgan fingerprint density at radius 3 is 2.57 bits per heavy atom. The Hall–Kier alpha value is -1.10. The van der Waals surface area contributed by atoms with Crippen LogP contribution in [0.1, 0.15) is 33.1 Å². The van der Waals surface area contributed by atoms with E-state index in [4.69, 9.17) is 5.73 Å². The van der Waals surface area contributed by atoms with E-state index in [1.165, 1.54) is 0 Å². The number of imide groups is 1. The molecule has 0 bridgehead atoms. The van der Waals surface area contributed by atoms with Crippen molar-refractivity contribution in [3.05, 3.63) is 0 Å². The van der Waals surface area contributed by atoms with Gasteiger partial charge in [0.1, 0.15) is 0 Å². The van der Waals surface area contributed by atoms with E-state index in [2.05, 4.69) is 12.2 Å². The van der Waals surface area contributed by atoms with E-state index in [-0.39, 0.29) is 18.5 Å². The van der Waals surface area contributed by atoms with Crippen molar-refractivity contribution in [1.29, 1.82) is 0 Å². The zero-order chi connectivity index (χ0) is 11.0. The largest absolute Gasteiger partial charge is 0.351 e. The highest BCUT2D eigenvalue weighted by Crippen LogP contribution is 1.98. The molecule has 0 aliphatic heterocycles. The first-order valence-corrected chi connectivity index (χ1v) is 4.89. The van der Waals surface area contributed by atoms with Crippen LogP contribution in [-0.4, -0.2) is 24.5 Å². The molecule has 1 atom stereocenters. The minimum absolute atomic E-state index is 0.133. The first kappa shape index (κ1) is 12.9. The molecule has 3 amide bonds. The molecule has 0 aromatic rings. The average Bonchev–Trinajstić information content (AvgIpc) is 2.10. The maximum absolute atomic E-state index is 11.0. The van der Waals surface area contributed by atoms with E-state index in [1.807, 2.05) is 12.2 Å². The maximum Gasteiger partial charge on any atom is 0.318 e. The molecule has 0 radical (unpaired) electrons. The maximum atomic E-state index is 11.0. The quantitative estimate of drug-likeness (QED) is 0.579. The van der Waals surface area contributed by atoms with Gasteiger partial charge in [0.2, 0.25) is 5.91 Å². The number of amides is 3. The number of hydrogen-bond acceptors (Lipinski definition) is 3. The van der Waals surface area contributed by atoms with Gasteiger partial charge in [-0.05, 0) is 13.3 Å². The topological polar surface area (TPSA) is 84.2 Å². The molecule has 0 aliphatic rings. The molecule has 0 aromatic carbocycles. The molecular formula is C9H19N3O2. The van der Waals surface area contributed by atoms with Gasteiger partial charge in [-0.2, -0.15) is 0 Å². The number of rotatable bonds is 6. The first-order valence-electron chi connectivity index (χ1n) is 4.89. The van der Waals surface area contributed by atoms with Gasteiger partial charge in [0.25, 0.3) is 0 Å². The minimum atomic E-state index is -0.807. The lowest BCUT2D eigenvalue weighted by molar-refractivity contribution is -0.119. The number of nitrogens with one attached hydrogen (secondary N) is 2. The number of carbonyl (C=O) groups excluding carboxylic acids is 2. The van der Waals surface area contributed by atoms with Crippen LogP contribution < -0.4 is 16.4 Å². The Balaban J connectivity index is 3.50. The van der Waals surface area contributed by atoms with E-state index in [0.29, 0.717) is 0 Å². The molecule has 0 fully saturated rings. The van der Waals surface area contributed by atoms with Crippen LogP contribution in [0.2, 0.25) is 0 Å². The van der Waals surface area contributed by atoms with Gasteiger partial charge in [0.15, 0.2) is 0 Å². The van der Waals surface area contributed by atoms with Crippen LogP contribution in [0.3, 0.4) is 0 Å². The lowest BCUT2D eigenvalue weighted by Crippen LogP contribution is -2.42. The van der Waals surface area contributed by atoms with E-state index < -0.39 is 6.03 Å². The summed E-state index contributed by atoms with van der Waals surface area (Å²) in [5.74, 6) is -0.388. The summed E-state index contributed by atoms with van der Waals surface area (Å²) in [5.41, 5.74) is 4.78. The summed E-state index contributed by atoms with van der Waals surface area (Å²) in [7, 11) is 0. The zero-order valence-electron chi connectivity index (χ0n) is 8.80. The van der Waals surface area contributed by atoms with Crippen molar-refractivity contribution in [3.63, 3.8) is 0 Å². The fourth-order valence-corrected chi connectivity index (χ4v) is 1.06. The molecule has 82 valence electrons. The number of primary amides is 1. The lowest BCUT2D eigenvalue weighted by Gasteiger charge is -2.12. The molecule has 0 heterocycles. The SMILES string of the molecule is CCCCC(C)NCC(=O)NC(N)=O. The third kappa shape index (κ3) is 7.54. The van der Waals surface area contributed by atoms with Crippen molar-refractivity contribution in [2.24, 2.45) is 5.73 Å². The Kier molecular flexibility index (Phi) is 6.74. The van der Waals surface area contributed by atoms with Gasteiger partial charge in [-0.1, -0.05) is 19.8 Å². The third-order valence-electron chi connectivity index (χ3n) is 1.86. The molecule has 5 heteroatoms. The monoisotopic (exact) mass is 201 g/mol. The molecule has 0 spiro atoms. The molecule has 0 saturated carbocycles. The van der Waals surface area contributed by atoms with Gasteiger partial charge in [-0.15, -0.1) is 0 Å². The Morgan fingerprint density at radius 2 is 2.07 bits per heavy atom. The smallest absolute Gasteiger partial charge is 0.318 e. The van der Waals surface area contributed by atoms with Crippen LogP contribution in [0.5, 0.6) is 0 Å². The molecule has 4 N–H and O–H groups in total. The van der Waals surface area contributed by atoms with Gasteiger partial charge < -0.3 is 11.1 Å². The zero-order valence-corrected chi connectivity index (χ0v) is 8.80.